The number of carboxylic acids is 1. The van der Waals surface area contributed by atoms with E-state index in [9.17, 15) is 27.6 Å². The second kappa shape index (κ2) is 9.07. The van der Waals surface area contributed by atoms with Crippen LogP contribution in [0.4, 0.5) is 18.0 Å². The Morgan fingerprint density at radius 2 is 1.77 bits per heavy atom. The molecule has 0 heterocycles. The minimum absolute atomic E-state index is 0.309. The van der Waals surface area contributed by atoms with Crippen LogP contribution >= 0.6 is 0 Å². The lowest BCUT2D eigenvalue weighted by Crippen LogP contribution is -2.64. The van der Waals surface area contributed by atoms with E-state index in [1.165, 1.54) is 5.32 Å². The van der Waals surface area contributed by atoms with Gasteiger partial charge in [-0.1, -0.05) is 30.3 Å². The van der Waals surface area contributed by atoms with Gasteiger partial charge in [0.25, 0.3) is 0 Å². The molecule has 7 nitrogen and oxygen atoms in total. The van der Waals surface area contributed by atoms with Crippen molar-refractivity contribution in [1.82, 2.24) is 5.32 Å². The van der Waals surface area contributed by atoms with Gasteiger partial charge in [-0.15, -0.1) is 0 Å². The Balaban J connectivity index is 2.93. The van der Waals surface area contributed by atoms with E-state index in [2.05, 4.69) is 4.74 Å². The van der Waals surface area contributed by atoms with E-state index in [1.807, 2.05) is 0 Å². The summed E-state index contributed by atoms with van der Waals surface area (Å²) < 4.78 is 49.5. The van der Waals surface area contributed by atoms with Gasteiger partial charge < -0.3 is 14.6 Å². The number of halogens is 3. The van der Waals surface area contributed by atoms with Gasteiger partial charge >= 0.3 is 24.2 Å². The fourth-order valence-electron chi connectivity index (χ4n) is 2.16. The number of carbonyl (C=O) groups is 3. The zero-order chi connectivity index (χ0) is 19.8. The number of methoxy groups -OCH3 is 1. The molecule has 1 amide bonds. The molecule has 144 valence electrons. The molecule has 0 bridgehead atoms. The minimum atomic E-state index is -5.22. The smallest absolute Gasteiger partial charge is 0.422 e. The number of esters is 1. The van der Waals surface area contributed by atoms with Crippen LogP contribution in [-0.4, -0.2) is 42.0 Å². The summed E-state index contributed by atoms with van der Waals surface area (Å²) >= 11 is 0. The zero-order valence-corrected chi connectivity index (χ0v) is 13.8. The van der Waals surface area contributed by atoms with Crippen LogP contribution in [-0.2, 0) is 25.7 Å². The van der Waals surface area contributed by atoms with E-state index in [0.29, 0.717) is 5.56 Å². The lowest BCUT2D eigenvalue weighted by Gasteiger charge is -2.33. The number of benzene rings is 1. The Labute approximate surface area is 147 Å². The average Bonchev–Trinajstić information content (AvgIpc) is 2.58. The number of ether oxygens (including phenoxy) is 2. The molecule has 0 radical (unpaired) electrons. The second-order valence-corrected chi connectivity index (χ2v) is 5.33. The first-order valence-electron chi connectivity index (χ1n) is 7.48. The predicted octanol–water partition coefficient (Wildman–Crippen LogP) is 2.64. The molecule has 0 aromatic heterocycles. The topological polar surface area (TPSA) is 102 Å². The monoisotopic (exact) mass is 377 g/mol. The van der Waals surface area contributed by atoms with Crippen molar-refractivity contribution in [3.05, 3.63) is 35.9 Å². The Kier molecular flexibility index (Phi) is 7.41. The fraction of sp³-hybridized carbons (Fsp3) is 0.438. The number of alkyl halides is 3. The number of aliphatic carboxylic acids is 1. The van der Waals surface area contributed by atoms with Crippen molar-refractivity contribution in [2.75, 3.05) is 7.11 Å². The number of carbonyl (C=O) groups excluding carboxylic acids is 2. The van der Waals surface area contributed by atoms with Crippen molar-refractivity contribution in [3.8, 4) is 0 Å². The van der Waals surface area contributed by atoms with Crippen molar-refractivity contribution in [1.29, 1.82) is 0 Å². The maximum absolute atomic E-state index is 13.5. The summed E-state index contributed by atoms with van der Waals surface area (Å²) in [6, 6.07) is 8.20. The van der Waals surface area contributed by atoms with Gasteiger partial charge in [0.1, 0.15) is 6.61 Å². The van der Waals surface area contributed by atoms with Crippen LogP contribution in [0.1, 0.15) is 24.8 Å². The van der Waals surface area contributed by atoms with Gasteiger partial charge in [-0.25, -0.2) is 9.59 Å². The summed E-state index contributed by atoms with van der Waals surface area (Å²) in [5, 5.41) is 10.1. The Morgan fingerprint density at radius 1 is 1.15 bits per heavy atom. The van der Waals surface area contributed by atoms with Gasteiger partial charge in [0.15, 0.2) is 0 Å². The molecule has 1 aromatic carbocycles. The lowest BCUT2D eigenvalue weighted by atomic mass is 9.91. The highest BCUT2D eigenvalue weighted by molar-refractivity contribution is 5.86. The van der Waals surface area contributed by atoms with Crippen LogP contribution < -0.4 is 5.32 Å². The van der Waals surface area contributed by atoms with Gasteiger partial charge in [-0.05, 0) is 18.4 Å². The standard InChI is InChI=1S/C16H18F3NO6/c1-25-13(23)15(16(17,18)19,9-5-8-12(21)22)20-14(24)26-10-11-6-3-2-4-7-11/h2-4,6-7H,5,8-10H2,1H3,(H,20,24)(H,21,22). The zero-order valence-electron chi connectivity index (χ0n) is 13.8. The van der Waals surface area contributed by atoms with Crippen molar-refractivity contribution in [3.63, 3.8) is 0 Å². The van der Waals surface area contributed by atoms with Crippen LogP contribution in [0.2, 0.25) is 0 Å². The Morgan fingerprint density at radius 3 is 2.27 bits per heavy atom. The van der Waals surface area contributed by atoms with E-state index in [0.717, 1.165) is 7.11 Å². The summed E-state index contributed by atoms with van der Waals surface area (Å²) in [5.41, 5.74) is -2.87. The van der Waals surface area contributed by atoms with Crippen molar-refractivity contribution >= 4 is 18.0 Å². The number of amides is 1. The summed E-state index contributed by atoms with van der Waals surface area (Å²) in [5.74, 6) is -3.09. The summed E-state index contributed by atoms with van der Waals surface area (Å²) in [6.07, 6.45) is -8.83. The second-order valence-electron chi connectivity index (χ2n) is 5.33. The number of nitrogens with one attached hydrogen (secondary N) is 1. The largest absolute Gasteiger partial charge is 0.481 e. The molecular weight excluding hydrogens is 359 g/mol. The van der Waals surface area contributed by atoms with E-state index in [4.69, 9.17) is 9.84 Å². The first-order chi connectivity index (χ1) is 12.1. The number of carboxylic acid groups (broad SMARTS) is 1. The van der Waals surface area contributed by atoms with Crippen LogP contribution in [0.25, 0.3) is 0 Å². The Hall–Kier alpha value is -2.78. The lowest BCUT2D eigenvalue weighted by molar-refractivity contribution is -0.212. The number of alkyl carbamates (subject to hydrolysis) is 1. The SMILES string of the molecule is COC(=O)C(CCCC(=O)O)(NC(=O)OCc1ccccc1)C(F)(F)F. The third-order valence-electron chi connectivity index (χ3n) is 3.49. The summed E-state index contributed by atoms with van der Waals surface area (Å²) in [6.45, 7) is -0.309. The third-order valence-corrected chi connectivity index (χ3v) is 3.49. The Bertz CT molecular complexity index is 635. The molecule has 2 N–H and O–H groups in total. The molecule has 1 rings (SSSR count). The van der Waals surface area contributed by atoms with Crippen LogP contribution in [0.15, 0.2) is 30.3 Å². The predicted molar refractivity (Wildman–Crippen MR) is 82.1 cm³/mol. The first kappa shape index (κ1) is 21.3. The molecule has 0 aliphatic rings. The summed E-state index contributed by atoms with van der Waals surface area (Å²) in [7, 11) is 0.733. The van der Waals surface area contributed by atoms with Gasteiger partial charge in [0.05, 0.1) is 7.11 Å². The van der Waals surface area contributed by atoms with Gasteiger partial charge in [-0.2, -0.15) is 13.2 Å². The summed E-state index contributed by atoms with van der Waals surface area (Å²) in [4.78, 5) is 34.2. The maximum atomic E-state index is 13.5. The normalized spacial score (nSPS) is 13.4. The third kappa shape index (κ3) is 5.64. The van der Waals surface area contributed by atoms with E-state index in [1.54, 1.807) is 30.3 Å². The molecule has 10 heteroatoms. The van der Waals surface area contributed by atoms with E-state index >= 15 is 0 Å². The molecule has 0 aliphatic carbocycles. The molecule has 0 fully saturated rings. The average molecular weight is 377 g/mol. The molecule has 1 atom stereocenters. The maximum Gasteiger partial charge on any atom is 0.422 e. The molecule has 0 saturated carbocycles. The molecular formula is C16H18F3NO6. The number of rotatable bonds is 8. The molecule has 1 aromatic rings. The van der Waals surface area contributed by atoms with Gasteiger partial charge in [-0.3, -0.25) is 10.1 Å². The van der Waals surface area contributed by atoms with Gasteiger partial charge in [0, 0.05) is 6.42 Å². The van der Waals surface area contributed by atoms with Crippen LogP contribution in [0, 0.1) is 0 Å². The number of hydrogen-bond donors (Lipinski definition) is 2. The molecule has 0 aliphatic heterocycles. The van der Waals surface area contributed by atoms with Crippen LogP contribution in [0.5, 0.6) is 0 Å². The van der Waals surface area contributed by atoms with Crippen molar-refractivity contribution in [2.45, 2.75) is 37.6 Å². The molecule has 0 saturated heterocycles. The van der Waals surface area contributed by atoms with Gasteiger partial charge in [0.2, 0.25) is 5.54 Å². The quantitative estimate of drug-likeness (QED) is 0.676. The number of hydrogen-bond acceptors (Lipinski definition) is 5. The highest BCUT2D eigenvalue weighted by Crippen LogP contribution is 2.36. The van der Waals surface area contributed by atoms with Crippen molar-refractivity contribution < 1.29 is 42.1 Å². The molecule has 26 heavy (non-hydrogen) atoms. The highest BCUT2D eigenvalue weighted by Gasteiger charge is 2.62. The first-order valence-corrected chi connectivity index (χ1v) is 7.48. The molecule has 0 spiro atoms. The fourth-order valence-corrected chi connectivity index (χ4v) is 2.16. The molecule has 1 unspecified atom stereocenters. The van der Waals surface area contributed by atoms with Crippen molar-refractivity contribution in [2.24, 2.45) is 0 Å². The van der Waals surface area contributed by atoms with E-state index in [-0.39, 0.29) is 6.61 Å². The minimum Gasteiger partial charge on any atom is -0.481 e. The highest BCUT2D eigenvalue weighted by atomic mass is 19.4. The van der Waals surface area contributed by atoms with Crippen LogP contribution in [0.3, 0.4) is 0 Å². The van der Waals surface area contributed by atoms with E-state index < -0.39 is 49.0 Å².